The van der Waals surface area contributed by atoms with Crippen LogP contribution in [0, 0.1) is 5.82 Å². The zero-order chi connectivity index (χ0) is 13.0. The molecule has 0 saturated heterocycles. The normalized spacial score (nSPS) is 10.4. The minimum atomic E-state index is -0.398. The lowest BCUT2D eigenvalue weighted by Gasteiger charge is -2.07. The van der Waals surface area contributed by atoms with E-state index in [1.807, 2.05) is 24.3 Å². The quantitative estimate of drug-likeness (QED) is 0.930. The van der Waals surface area contributed by atoms with Crippen molar-refractivity contribution in [2.24, 2.45) is 0 Å². The number of ether oxygens (including phenoxy) is 1. The topological polar surface area (TPSA) is 34.1 Å². The summed E-state index contributed by atoms with van der Waals surface area (Å²) < 4.78 is 19.2. The fourth-order valence-electron chi connectivity index (χ4n) is 1.49. The van der Waals surface area contributed by atoms with E-state index in [0.29, 0.717) is 11.1 Å². The summed E-state index contributed by atoms with van der Waals surface area (Å²) in [6, 6.07) is 8.93. The molecule has 0 aliphatic carbocycles. The maximum atomic E-state index is 13.6. The van der Waals surface area contributed by atoms with Gasteiger partial charge in [0.25, 0.3) is 0 Å². The number of methoxy groups -OCH3 is 1. The monoisotopic (exact) mass is 310 g/mol. The van der Waals surface area contributed by atoms with Crippen LogP contribution in [0.3, 0.4) is 0 Å². The van der Waals surface area contributed by atoms with Gasteiger partial charge in [0.05, 0.1) is 6.61 Å². The number of anilines is 2. The molecule has 3 nitrogen and oxygen atoms in total. The van der Waals surface area contributed by atoms with Gasteiger partial charge in [-0.2, -0.15) is 0 Å². The predicted octanol–water partition coefficient (Wildman–Crippen LogP) is 3.87. The molecule has 1 aromatic heterocycles. The Bertz CT molecular complexity index is 531. The summed E-state index contributed by atoms with van der Waals surface area (Å²) in [4.78, 5) is 3.97. The third kappa shape index (κ3) is 3.27. The van der Waals surface area contributed by atoms with E-state index < -0.39 is 5.82 Å². The molecular formula is C13H12BrFN2O. The first-order valence-corrected chi connectivity index (χ1v) is 6.14. The number of hydrogen-bond donors (Lipinski definition) is 1. The van der Waals surface area contributed by atoms with Crippen LogP contribution in [0.5, 0.6) is 0 Å². The second-order valence-corrected chi connectivity index (χ2v) is 4.65. The van der Waals surface area contributed by atoms with Gasteiger partial charge < -0.3 is 10.1 Å². The van der Waals surface area contributed by atoms with Gasteiger partial charge in [-0.3, -0.25) is 0 Å². The molecule has 5 heteroatoms. The van der Waals surface area contributed by atoms with Gasteiger partial charge >= 0.3 is 0 Å². The number of pyridine rings is 1. The highest BCUT2D eigenvalue weighted by molar-refractivity contribution is 9.10. The zero-order valence-corrected chi connectivity index (χ0v) is 11.4. The van der Waals surface area contributed by atoms with Crippen molar-refractivity contribution in [3.05, 3.63) is 52.4 Å². The molecule has 2 aromatic rings. The van der Waals surface area contributed by atoms with E-state index in [4.69, 9.17) is 4.74 Å². The fourth-order valence-corrected chi connectivity index (χ4v) is 1.80. The molecule has 94 valence electrons. The third-order valence-electron chi connectivity index (χ3n) is 2.34. The number of benzene rings is 1. The van der Waals surface area contributed by atoms with Crippen LogP contribution in [0.4, 0.5) is 15.9 Å². The van der Waals surface area contributed by atoms with Crippen LogP contribution in [-0.2, 0) is 11.3 Å². The van der Waals surface area contributed by atoms with Crippen LogP contribution < -0.4 is 5.32 Å². The lowest BCUT2D eigenvalue weighted by molar-refractivity contribution is 0.185. The third-order valence-corrected chi connectivity index (χ3v) is 2.77. The van der Waals surface area contributed by atoms with Gasteiger partial charge in [0.1, 0.15) is 0 Å². The molecule has 18 heavy (non-hydrogen) atoms. The van der Waals surface area contributed by atoms with Crippen LogP contribution in [0.25, 0.3) is 0 Å². The van der Waals surface area contributed by atoms with Crippen LogP contribution in [-0.4, -0.2) is 12.1 Å². The van der Waals surface area contributed by atoms with Gasteiger partial charge in [-0.1, -0.05) is 12.1 Å². The summed E-state index contributed by atoms with van der Waals surface area (Å²) in [5.74, 6) is -0.192. The van der Waals surface area contributed by atoms with E-state index in [-0.39, 0.29) is 5.82 Å². The number of nitrogens with one attached hydrogen (secondary N) is 1. The largest absolute Gasteiger partial charge is 0.380 e. The Hall–Kier alpha value is -1.46. The maximum Gasteiger partial charge on any atom is 0.166 e. The summed E-state index contributed by atoms with van der Waals surface area (Å²) in [6.45, 7) is 0.561. The molecule has 0 saturated carbocycles. The van der Waals surface area contributed by atoms with E-state index in [1.165, 1.54) is 6.07 Å². The minimum Gasteiger partial charge on any atom is -0.380 e. The second-order valence-electron chi connectivity index (χ2n) is 3.74. The average molecular weight is 311 g/mol. The minimum absolute atomic E-state index is 0.206. The fraction of sp³-hybridized carbons (Fsp3) is 0.154. The Morgan fingerprint density at radius 2 is 2.06 bits per heavy atom. The molecule has 0 unspecified atom stereocenters. The van der Waals surface area contributed by atoms with Crippen molar-refractivity contribution in [1.82, 2.24) is 4.98 Å². The first kappa shape index (κ1) is 13.0. The maximum absolute atomic E-state index is 13.6. The smallest absolute Gasteiger partial charge is 0.166 e. The molecule has 0 atom stereocenters. The molecule has 1 aromatic carbocycles. The van der Waals surface area contributed by atoms with Crippen molar-refractivity contribution in [3.8, 4) is 0 Å². The molecule has 1 N–H and O–H groups in total. The lowest BCUT2D eigenvalue weighted by atomic mass is 10.2. The van der Waals surface area contributed by atoms with E-state index in [0.717, 1.165) is 11.3 Å². The molecule has 0 bridgehead atoms. The summed E-state index contributed by atoms with van der Waals surface area (Å²) in [5.41, 5.74) is 1.84. The second kappa shape index (κ2) is 5.93. The first-order valence-electron chi connectivity index (χ1n) is 5.35. The van der Waals surface area contributed by atoms with Crippen LogP contribution >= 0.6 is 15.9 Å². The average Bonchev–Trinajstić information content (AvgIpc) is 2.35. The Balaban J connectivity index is 2.13. The summed E-state index contributed by atoms with van der Waals surface area (Å²) in [5, 5.41) is 2.92. The Morgan fingerprint density at radius 3 is 2.67 bits per heavy atom. The molecule has 0 spiro atoms. The van der Waals surface area contributed by atoms with Crippen molar-refractivity contribution in [1.29, 1.82) is 0 Å². The highest BCUT2D eigenvalue weighted by Crippen LogP contribution is 2.20. The highest BCUT2D eigenvalue weighted by Gasteiger charge is 2.04. The van der Waals surface area contributed by atoms with Crippen molar-refractivity contribution in [3.63, 3.8) is 0 Å². The molecule has 0 aliphatic heterocycles. The Labute approximate surface area is 113 Å². The molecule has 0 fully saturated rings. The Morgan fingerprint density at radius 1 is 1.33 bits per heavy atom. The van der Waals surface area contributed by atoms with Crippen molar-refractivity contribution >= 4 is 27.4 Å². The molecule has 1 heterocycles. The zero-order valence-electron chi connectivity index (χ0n) is 9.78. The number of aromatic nitrogens is 1. The molecule has 0 radical (unpaired) electrons. The lowest BCUT2D eigenvalue weighted by Crippen LogP contribution is -1.97. The SMILES string of the molecule is COCc1ccc(Nc2ncc(Br)cc2F)cc1. The van der Waals surface area contributed by atoms with Crippen molar-refractivity contribution < 1.29 is 9.13 Å². The van der Waals surface area contributed by atoms with Crippen molar-refractivity contribution in [2.75, 3.05) is 12.4 Å². The predicted molar refractivity (Wildman–Crippen MR) is 72.3 cm³/mol. The van der Waals surface area contributed by atoms with E-state index in [1.54, 1.807) is 13.3 Å². The van der Waals surface area contributed by atoms with E-state index >= 15 is 0 Å². The van der Waals surface area contributed by atoms with Gasteiger partial charge in [-0.05, 0) is 39.7 Å². The highest BCUT2D eigenvalue weighted by atomic mass is 79.9. The standard InChI is InChI=1S/C13H12BrFN2O/c1-18-8-9-2-4-11(5-3-9)17-13-12(15)6-10(14)7-16-13/h2-7H,8H2,1H3,(H,16,17). The van der Waals surface area contributed by atoms with Crippen molar-refractivity contribution in [2.45, 2.75) is 6.61 Å². The van der Waals surface area contributed by atoms with Gasteiger partial charge in [-0.15, -0.1) is 0 Å². The number of nitrogens with zero attached hydrogens (tertiary/aromatic N) is 1. The summed E-state index contributed by atoms with van der Waals surface area (Å²) >= 11 is 3.16. The Kier molecular flexibility index (Phi) is 4.28. The van der Waals surface area contributed by atoms with Gasteiger partial charge in [0.2, 0.25) is 0 Å². The molecule has 0 aliphatic rings. The number of rotatable bonds is 4. The van der Waals surface area contributed by atoms with Crippen LogP contribution in [0.1, 0.15) is 5.56 Å². The molecular weight excluding hydrogens is 299 g/mol. The molecule has 0 amide bonds. The van der Waals surface area contributed by atoms with Gasteiger partial charge in [0, 0.05) is 23.5 Å². The van der Waals surface area contributed by atoms with Gasteiger partial charge in [0.15, 0.2) is 11.6 Å². The number of hydrogen-bond acceptors (Lipinski definition) is 3. The van der Waals surface area contributed by atoms with E-state index in [9.17, 15) is 4.39 Å². The van der Waals surface area contributed by atoms with Gasteiger partial charge in [-0.25, -0.2) is 9.37 Å². The first-order chi connectivity index (χ1) is 8.69. The number of halogens is 2. The summed E-state index contributed by atoms with van der Waals surface area (Å²) in [7, 11) is 1.65. The van der Waals surface area contributed by atoms with Crippen LogP contribution in [0.15, 0.2) is 41.0 Å². The molecule has 2 rings (SSSR count). The summed E-state index contributed by atoms with van der Waals surface area (Å²) in [6.07, 6.45) is 1.55. The van der Waals surface area contributed by atoms with Crippen LogP contribution in [0.2, 0.25) is 0 Å². The van der Waals surface area contributed by atoms with E-state index in [2.05, 4.69) is 26.2 Å².